The molecule has 0 bridgehead atoms. The molecule has 4 amide bonds. The summed E-state index contributed by atoms with van der Waals surface area (Å²) in [5.74, 6) is -2.80. The summed E-state index contributed by atoms with van der Waals surface area (Å²) in [6.45, 7) is 0. The highest BCUT2D eigenvalue weighted by Crippen LogP contribution is 2.61. The largest absolute Gasteiger partial charge is 0.497 e. The van der Waals surface area contributed by atoms with Crippen LogP contribution >= 0.6 is 46.4 Å². The van der Waals surface area contributed by atoms with Crippen molar-refractivity contribution in [2.75, 3.05) is 38.2 Å². The van der Waals surface area contributed by atoms with Gasteiger partial charge in [-0.2, -0.15) is 0 Å². The molecule has 6 atom stereocenters. The maximum atomic E-state index is 14.9. The third kappa shape index (κ3) is 5.26. The van der Waals surface area contributed by atoms with Gasteiger partial charge in [0.1, 0.15) is 35.1 Å². The molecule has 4 aliphatic heterocycles. The van der Waals surface area contributed by atoms with Gasteiger partial charge in [-0.3, -0.25) is 19.2 Å². The number of methoxy groups -OCH3 is 4. The number of hydrogen-bond acceptors (Lipinski definition) is 10. The van der Waals surface area contributed by atoms with Gasteiger partial charge in [-0.1, -0.05) is 46.4 Å². The lowest BCUT2D eigenvalue weighted by molar-refractivity contribution is -0.136. The van der Waals surface area contributed by atoms with Crippen LogP contribution in [0.15, 0.2) is 72.8 Å². The summed E-state index contributed by atoms with van der Waals surface area (Å²) in [6, 6.07) is 14.8. The minimum Gasteiger partial charge on any atom is -0.497 e. The summed E-state index contributed by atoms with van der Waals surface area (Å²) in [6.07, 6.45) is 0. The lowest BCUT2D eigenvalue weighted by atomic mass is 9.83. The van der Waals surface area contributed by atoms with Crippen LogP contribution in [0.5, 0.6) is 23.0 Å². The first kappa shape index (κ1) is 36.4. The van der Waals surface area contributed by atoms with Crippen LogP contribution in [0.25, 0.3) is 0 Å². The summed E-state index contributed by atoms with van der Waals surface area (Å²) < 4.78 is 22.7. The van der Waals surface area contributed by atoms with Crippen molar-refractivity contribution in [2.45, 2.75) is 24.2 Å². The van der Waals surface area contributed by atoms with Gasteiger partial charge >= 0.3 is 0 Å². The van der Waals surface area contributed by atoms with Crippen molar-refractivity contribution >= 4 is 81.4 Å². The number of ether oxygens (including phenoxy) is 4. The van der Waals surface area contributed by atoms with E-state index in [-0.39, 0.29) is 31.5 Å². The average molecular weight is 812 g/mol. The number of benzene rings is 4. The molecule has 8 rings (SSSR count). The molecule has 16 heteroatoms. The first-order valence-corrected chi connectivity index (χ1v) is 18.1. The van der Waals surface area contributed by atoms with E-state index in [0.29, 0.717) is 34.1 Å². The molecule has 0 aromatic heterocycles. The molecular formula is C38H30Cl4N4O8. The SMILES string of the molecule is COc1ccc([C@@H]2[C@@H]3C(=O)N(c4ccc(Cl)c(Cl)c4)C(=O)[C@@H]3N3[C@H](c4ccc(OC)cc4OC)[C@H]4C(=O)N(c5ccc(Cl)c(Cl)c5)C(=O)[C@@H]4N23)c(OC)c1. The molecular weight excluding hydrogens is 782 g/mol. The fourth-order valence-electron chi connectivity index (χ4n) is 8.33. The van der Waals surface area contributed by atoms with E-state index in [0.717, 1.165) is 9.80 Å². The van der Waals surface area contributed by atoms with Gasteiger partial charge in [0.25, 0.3) is 11.8 Å². The second-order valence-corrected chi connectivity index (χ2v) is 14.7. The second-order valence-electron chi connectivity index (χ2n) is 13.0. The van der Waals surface area contributed by atoms with E-state index < -0.39 is 59.6 Å². The van der Waals surface area contributed by atoms with Gasteiger partial charge in [0.2, 0.25) is 11.8 Å². The molecule has 0 spiro atoms. The Hall–Kier alpha value is -4.56. The molecule has 4 saturated heterocycles. The minimum absolute atomic E-state index is 0.150. The third-order valence-corrected chi connectivity index (χ3v) is 12.0. The van der Waals surface area contributed by atoms with Crippen LogP contribution in [0.1, 0.15) is 23.2 Å². The minimum atomic E-state index is -1.19. The van der Waals surface area contributed by atoms with Gasteiger partial charge in [-0.15, -0.1) is 0 Å². The van der Waals surface area contributed by atoms with Crippen LogP contribution in [0, 0.1) is 11.8 Å². The smallest absolute Gasteiger partial charge is 0.253 e. The highest BCUT2D eigenvalue weighted by molar-refractivity contribution is 6.43. The van der Waals surface area contributed by atoms with Crippen LogP contribution in [0.3, 0.4) is 0 Å². The number of anilines is 2. The maximum Gasteiger partial charge on any atom is 0.253 e. The molecule has 4 aromatic carbocycles. The Balaban J connectivity index is 1.38. The number of nitrogens with zero attached hydrogens (tertiary/aromatic N) is 4. The normalized spacial score (nSPS) is 25.0. The summed E-state index contributed by atoms with van der Waals surface area (Å²) in [5.41, 5.74) is 1.41. The molecule has 0 aliphatic carbocycles. The lowest BCUT2D eigenvalue weighted by Gasteiger charge is -2.36. The number of amides is 4. The second kappa shape index (κ2) is 13.6. The third-order valence-electron chi connectivity index (χ3n) is 10.6. The summed E-state index contributed by atoms with van der Waals surface area (Å²) in [7, 11) is 5.96. The predicted molar refractivity (Wildman–Crippen MR) is 201 cm³/mol. The topological polar surface area (TPSA) is 118 Å². The van der Waals surface area contributed by atoms with Gasteiger partial charge < -0.3 is 18.9 Å². The molecule has 4 aliphatic rings. The fourth-order valence-corrected chi connectivity index (χ4v) is 8.92. The molecule has 12 nitrogen and oxygen atoms in total. The number of hydrazine groups is 1. The van der Waals surface area contributed by atoms with Crippen LogP contribution < -0.4 is 28.7 Å². The lowest BCUT2D eigenvalue weighted by Crippen LogP contribution is -2.50. The highest BCUT2D eigenvalue weighted by atomic mass is 35.5. The van der Waals surface area contributed by atoms with Crippen molar-refractivity contribution in [3.8, 4) is 23.0 Å². The predicted octanol–water partition coefficient (Wildman–Crippen LogP) is 6.78. The van der Waals surface area contributed by atoms with Gasteiger partial charge in [0, 0.05) is 23.3 Å². The molecule has 4 aromatic rings. The standard InChI is InChI=1S/C38H30Cl4N4O8/c1-51-19-7-9-21(27(15-19)53-3)31-29-33(37(49)43(35(29)47)17-5-11-23(39)25(41)13-17)46-32(22-10-8-20(52-2)16-28(22)54-4)30-34(45(31)46)38(50)44(36(30)48)18-6-12-24(40)26(42)14-18/h5-16,29-34H,1-4H3/t29-,30+,31-,32-,33-,34-/m1/s1. The molecule has 0 radical (unpaired) electrons. The van der Waals surface area contributed by atoms with Crippen molar-refractivity contribution in [1.82, 2.24) is 10.0 Å². The van der Waals surface area contributed by atoms with Crippen molar-refractivity contribution in [3.05, 3.63) is 104 Å². The molecule has 54 heavy (non-hydrogen) atoms. The molecule has 4 fully saturated rings. The van der Waals surface area contributed by atoms with Crippen LogP contribution in [-0.4, -0.2) is 74.2 Å². The first-order valence-electron chi connectivity index (χ1n) is 16.6. The van der Waals surface area contributed by atoms with E-state index in [4.69, 9.17) is 65.4 Å². The zero-order chi connectivity index (χ0) is 38.3. The number of rotatable bonds is 8. The fraction of sp³-hybridized carbons (Fsp3) is 0.263. The van der Waals surface area contributed by atoms with Gasteiger partial charge in [0.05, 0.1) is 83.8 Å². The Labute approximate surface area is 329 Å². The van der Waals surface area contributed by atoms with Crippen LogP contribution in [0.2, 0.25) is 20.1 Å². The quantitative estimate of drug-likeness (QED) is 0.176. The zero-order valence-electron chi connectivity index (χ0n) is 29.0. The Bertz CT molecular complexity index is 2120. The number of fused-ring (bicyclic) bond motifs is 5. The molecule has 4 heterocycles. The van der Waals surface area contributed by atoms with E-state index in [1.807, 2.05) is 0 Å². The Morgan fingerprint density at radius 3 is 1.17 bits per heavy atom. The van der Waals surface area contributed by atoms with Crippen LogP contribution in [0.4, 0.5) is 11.4 Å². The molecule has 0 N–H and O–H groups in total. The van der Waals surface area contributed by atoms with Crippen LogP contribution in [-0.2, 0) is 19.2 Å². The van der Waals surface area contributed by atoms with E-state index >= 15 is 0 Å². The Morgan fingerprint density at radius 2 is 0.833 bits per heavy atom. The molecule has 278 valence electrons. The number of halogens is 4. The summed E-state index contributed by atoms with van der Waals surface area (Å²) in [4.78, 5) is 61.7. The first-order chi connectivity index (χ1) is 25.9. The maximum absolute atomic E-state index is 14.9. The average Bonchev–Trinajstić information content (AvgIpc) is 3.84. The van der Waals surface area contributed by atoms with E-state index in [1.165, 1.54) is 64.8 Å². The number of imide groups is 2. The Kier molecular flexibility index (Phi) is 9.19. The number of hydrogen-bond donors (Lipinski definition) is 0. The van der Waals surface area contributed by atoms with Gasteiger partial charge in [-0.05, 0) is 60.7 Å². The highest BCUT2D eigenvalue weighted by Gasteiger charge is 2.74. The van der Waals surface area contributed by atoms with E-state index in [1.54, 1.807) is 46.4 Å². The summed E-state index contributed by atoms with van der Waals surface area (Å²) >= 11 is 25.2. The van der Waals surface area contributed by atoms with Crippen molar-refractivity contribution in [2.24, 2.45) is 11.8 Å². The molecule has 0 unspecified atom stereocenters. The monoisotopic (exact) mass is 810 g/mol. The summed E-state index contributed by atoms with van der Waals surface area (Å²) in [5, 5.41) is 4.20. The number of carbonyl (C=O) groups excluding carboxylic acids is 4. The van der Waals surface area contributed by atoms with Gasteiger partial charge in [0.15, 0.2) is 0 Å². The van der Waals surface area contributed by atoms with Gasteiger partial charge in [-0.25, -0.2) is 19.8 Å². The van der Waals surface area contributed by atoms with Crippen molar-refractivity contribution < 1.29 is 38.1 Å². The van der Waals surface area contributed by atoms with Crippen molar-refractivity contribution in [1.29, 1.82) is 0 Å². The van der Waals surface area contributed by atoms with E-state index in [9.17, 15) is 19.2 Å². The van der Waals surface area contributed by atoms with E-state index in [2.05, 4.69) is 0 Å². The number of carbonyl (C=O) groups is 4. The van der Waals surface area contributed by atoms with Crippen molar-refractivity contribution in [3.63, 3.8) is 0 Å². The Morgan fingerprint density at radius 1 is 0.444 bits per heavy atom. The zero-order valence-corrected chi connectivity index (χ0v) is 32.0. The molecule has 0 saturated carbocycles.